The van der Waals surface area contributed by atoms with Crippen molar-refractivity contribution in [2.45, 2.75) is 38.2 Å². The van der Waals surface area contributed by atoms with Crippen LogP contribution in [0.3, 0.4) is 0 Å². The molecule has 6 heteroatoms. The Balaban J connectivity index is 2.93. The Morgan fingerprint density at radius 3 is 2.47 bits per heavy atom. The molecule has 0 unspecified atom stereocenters. The van der Waals surface area contributed by atoms with E-state index in [4.69, 9.17) is 4.74 Å². The molecule has 0 aliphatic carbocycles. The van der Waals surface area contributed by atoms with Crippen LogP contribution in [-0.2, 0) is 9.53 Å². The van der Waals surface area contributed by atoms with E-state index in [1.165, 1.54) is 13.0 Å². The maximum atomic E-state index is 11.7. The number of carbonyl (C=O) groups is 2. The predicted molar refractivity (Wildman–Crippen MR) is 74.5 cm³/mol. The van der Waals surface area contributed by atoms with E-state index >= 15 is 0 Å². The summed E-state index contributed by atoms with van der Waals surface area (Å²) in [5.41, 5.74) is -0.459. The fourth-order valence-corrected chi connectivity index (χ4v) is 2.00. The molecule has 0 fully saturated rings. The van der Waals surface area contributed by atoms with E-state index in [9.17, 15) is 14.7 Å². The first-order valence-corrected chi connectivity index (χ1v) is 6.51. The van der Waals surface area contributed by atoms with Crippen molar-refractivity contribution in [2.75, 3.05) is 5.32 Å². The second-order valence-corrected chi connectivity index (χ2v) is 6.09. The van der Waals surface area contributed by atoms with E-state index in [1.54, 1.807) is 32.9 Å². The Kier molecular flexibility index (Phi) is 4.83. The first kappa shape index (κ1) is 15.4. The van der Waals surface area contributed by atoms with Crippen molar-refractivity contribution in [3.8, 4) is 5.75 Å². The molecule has 0 saturated carbocycles. The fourth-order valence-electron chi connectivity index (χ4n) is 1.29. The number of amides is 1. The Morgan fingerprint density at radius 2 is 1.95 bits per heavy atom. The van der Waals surface area contributed by atoms with Gasteiger partial charge in [0, 0.05) is 11.8 Å². The van der Waals surface area contributed by atoms with Gasteiger partial charge in [0.25, 0.3) is 0 Å². The molecule has 19 heavy (non-hydrogen) atoms. The van der Waals surface area contributed by atoms with Gasteiger partial charge in [-0.1, -0.05) is 6.07 Å². The first-order chi connectivity index (χ1) is 8.69. The smallest absolute Gasteiger partial charge is 0.412 e. The quantitative estimate of drug-likeness (QED) is 0.643. The lowest BCUT2D eigenvalue weighted by atomic mass is 10.2. The summed E-state index contributed by atoms with van der Waals surface area (Å²) in [6.45, 7) is 6.62. The van der Waals surface area contributed by atoms with Crippen LogP contribution in [0.15, 0.2) is 23.1 Å². The Morgan fingerprint density at radius 1 is 1.32 bits per heavy atom. The number of phenolic OH excluding ortho intramolecular Hbond substituents is 1. The van der Waals surface area contributed by atoms with Crippen LogP contribution < -0.4 is 5.32 Å². The molecule has 0 radical (unpaired) electrons. The highest BCUT2D eigenvalue weighted by Crippen LogP contribution is 2.35. The van der Waals surface area contributed by atoms with Crippen molar-refractivity contribution >= 4 is 28.7 Å². The average molecular weight is 283 g/mol. The summed E-state index contributed by atoms with van der Waals surface area (Å²) in [6.07, 6.45) is -0.681. The van der Waals surface area contributed by atoms with Gasteiger partial charge in [0.05, 0.1) is 0 Å². The largest absolute Gasteiger partial charge is 0.506 e. The number of aromatic hydroxyl groups is 1. The van der Waals surface area contributed by atoms with Gasteiger partial charge in [-0.15, -0.1) is 0 Å². The zero-order chi connectivity index (χ0) is 14.6. The summed E-state index contributed by atoms with van der Waals surface area (Å²) in [7, 11) is 0. The number of rotatable bonds is 2. The van der Waals surface area contributed by atoms with E-state index in [-0.39, 0.29) is 16.6 Å². The molecule has 1 aromatic carbocycles. The van der Waals surface area contributed by atoms with E-state index in [0.717, 1.165) is 11.8 Å². The maximum absolute atomic E-state index is 11.7. The number of ether oxygens (including phenoxy) is 1. The maximum Gasteiger partial charge on any atom is 0.412 e. The van der Waals surface area contributed by atoms with Gasteiger partial charge in [0.1, 0.15) is 17.0 Å². The molecule has 0 atom stereocenters. The van der Waals surface area contributed by atoms with Crippen LogP contribution in [0, 0.1) is 0 Å². The third kappa shape index (κ3) is 5.21. The third-order valence-electron chi connectivity index (χ3n) is 1.88. The normalized spacial score (nSPS) is 10.9. The lowest BCUT2D eigenvalue weighted by Gasteiger charge is -2.20. The number of para-hydroxylation sites is 1. The van der Waals surface area contributed by atoms with Crippen molar-refractivity contribution in [3.05, 3.63) is 18.2 Å². The van der Waals surface area contributed by atoms with Gasteiger partial charge in [-0.05, 0) is 44.7 Å². The zero-order valence-corrected chi connectivity index (χ0v) is 12.1. The van der Waals surface area contributed by atoms with E-state index < -0.39 is 11.7 Å². The molecule has 1 rings (SSSR count). The number of phenols is 1. The Hall–Kier alpha value is -1.69. The third-order valence-corrected chi connectivity index (χ3v) is 2.73. The van der Waals surface area contributed by atoms with Crippen molar-refractivity contribution < 1.29 is 19.4 Å². The molecule has 2 N–H and O–H groups in total. The van der Waals surface area contributed by atoms with Crippen LogP contribution in [0.5, 0.6) is 5.75 Å². The number of nitrogens with one attached hydrogen (secondary N) is 1. The molecule has 0 bridgehead atoms. The SMILES string of the molecule is CC(=O)Sc1cccc(O)c1NC(=O)OC(C)(C)C. The van der Waals surface area contributed by atoms with Crippen molar-refractivity contribution in [3.63, 3.8) is 0 Å². The van der Waals surface area contributed by atoms with Gasteiger partial charge in [-0.2, -0.15) is 0 Å². The second kappa shape index (κ2) is 5.97. The van der Waals surface area contributed by atoms with Crippen LogP contribution in [-0.4, -0.2) is 21.9 Å². The zero-order valence-electron chi connectivity index (χ0n) is 11.3. The number of thioether (sulfide) groups is 1. The number of carbonyl (C=O) groups excluding carboxylic acids is 2. The summed E-state index contributed by atoms with van der Waals surface area (Å²) in [4.78, 5) is 23.3. The van der Waals surface area contributed by atoms with Crippen molar-refractivity contribution in [1.29, 1.82) is 0 Å². The summed E-state index contributed by atoms with van der Waals surface area (Å²) >= 11 is 0.930. The van der Waals surface area contributed by atoms with E-state index in [1.807, 2.05) is 0 Å². The molecule has 0 aliphatic rings. The Labute approximate surface area is 116 Å². The molecule has 104 valence electrons. The minimum atomic E-state index is -0.681. The highest BCUT2D eigenvalue weighted by Gasteiger charge is 2.19. The monoisotopic (exact) mass is 283 g/mol. The van der Waals surface area contributed by atoms with Crippen LogP contribution >= 0.6 is 11.8 Å². The molecule has 0 aliphatic heterocycles. The predicted octanol–water partition coefficient (Wildman–Crippen LogP) is 3.38. The average Bonchev–Trinajstić information content (AvgIpc) is 2.19. The minimum Gasteiger partial charge on any atom is -0.506 e. The minimum absolute atomic E-state index is 0.114. The summed E-state index contributed by atoms with van der Waals surface area (Å²) in [5, 5.41) is 12.1. The van der Waals surface area contributed by atoms with Gasteiger partial charge >= 0.3 is 6.09 Å². The van der Waals surface area contributed by atoms with Crippen molar-refractivity contribution in [1.82, 2.24) is 0 Å². The molecule has 1 amide bonds. The van der Waals surface area contributed by atoms with Crippen molar-refractivity contribution in [2.24, 2.45) is 0 Å². The lowest BCUT2D eigenvalue weighted by Crippen LogP contribution is -2.27. The lowest BCUT2D eigenvalue weighted by molar-refractivity contribution is -0.109. The van der Waals surface area contributed by atoms with Crippen LogP contribution in [0.25, 0.3) is 0 Å². The molecular weight excluding hydrogens is 266 g/mol. The summed E-state index contributed by atoms with van der Waals surface area (Å²) in [5.74, 6) is -0.114. The highest BCUT2D eigenvalue weighted by atomic mass is 32.2. The topological polar surface area (TPSA) is 75.6 Å². The fraction of sp³-hybridized carbons (Fsp3) is 0.385. The molecule has 1 aromatic rings. The molecule has 0 heterocycles. The second-order valence-electron chi connectivity index (χ2n) is 4.87. The molecular formula is C13H17NO4S. The number of hydrogen-bond acceptors (Lipinski definition) is 5. The molecule has 0 saturated heterocycles. The first-order valence-electron chi connectivity index (χ1n) is 5.69. The molecule has 0 spiro atoms. The van der Waals surface area contributed by atoms with Crippen LogP contribution in [0.4, 0.5) is 10.5 Å². The molecule has 5 nitrogen and oxygen atoms in total. The standard InChI is InChI=1S/C13H17NO4S/c1-8(15)19-10-7-5-6-9(16)11(10)14-12(17)18-13(2,3)4/h5-7,16H,1-4H3,(H,14,17). The van der Waals surface area contributed by atoms with E-state index in [2.05, 4.69) is 5.32 Å². The van der Waals surface area contributed by atoms with E-state index in [0.29, 0.717) is 4.90 Å². The van der Waals surface area contributed by atoms with Gasteiger partial charge in [0.15, 0.2) is 5.12 Å². The highest BCUT2D eigenvalue weighted by molar-refractivity contribution is 8.13. The van der Waals surface area contributed by atoms with Gasteiger partial charge in [-0.25, -0.2) is 4.79 Å². The van der Waals surface area contributed by atoms with Crippen LogP contribution in [0.1, 0.15) is 27.7 Å². The number of anilines is 1. The number of hydrogen-bond donors (Lipinski definition) is 2. The number of benzene rings is 1. The van der Waals surface area contributed by atoms with Gasteiger partial charge < -0.3 is 9.84 Å². The Bertz CT molecular complexity index is 494. The van der Waals surface area contributed by atoms with Gasteiger partial charge in [0.2, 0.25) is 0 Å². The van der Waals surface area contributed by atoms with Gasteiger partial charge in [-0.3, -0.25) is 10.1 Å². The summed E-state index contributed by atoms with van der Waals surface area (Å²) in [6, 6.07) is 4.66. The van der Waals surface area contributed by atoms with Crippen LogP contribution in [0.2, 0.25) is 0 Å². The summed E-state index contributed by atoms with van der Waals surface area (Å²) < 4.78 is 5.10. The molecule has 0 aromatic heterocycles.